The summed E-state index contributed by atoms with van der Waals surface area (Å²) in [5.74, 6) is -3.19. The Kier molecular flexibility index (Phi) is 6.07. The maximum Gasteiger partial charge on any atom is 0.342 e. The minimum atomic E-state index is -2.28. The molecule has 1 heterocycles. The molecule has 1 saturated heterocycles. The van der Waals surface area contributed by atoms with E-state index in [4.69, 9.17) is 21.2 Å². The molecule has 4 aliphatic carbocycles. The summed E-state index contributed by atoms with van der Waals surface area (Å²) >= 11 is 6.05. The number of halogens is 4. The Morgan fingerprint density at radius 1 is 1.23 bits per heavy atom. The van der Waals surface area contributed by atoms with E-state index in [0.717, 1.165) is 6.08 Å². The lowest BCUT2D eigenvalue weighted by Crippen LogP contribution is -2.70. The highest BCUT2D eigenvalue weighted by Crippen LogP contribution is 2.72. The molecule has 9 atom stereocenters. The molecule has 5 aliphatic rings. The van der Waals surface area contributed by atoms with Crippen molar-refractivity contribution in [3.63, 3.8) is 0 Å². The summed E-state index contributed by atoms with van der Waals surface area (Å²) in [5, 5.41) is 13.7. The molecule has 0 aromatic heterocycles. The number of hydrogen-bond acceptors (Lipinski definition) is 6. The zero-order valence-corrected chi connectivity index (χ0v) is 22.5. The van der Waals surface area contributed by atoms with Gasteiger partial charge in [-0.3, -0.25) is 14.7 Å². The van der Waals surface area contributed by atoms with Gasteiger partial charge in [0.1, 0.15) is 19.5 Å². The third-order valence-electron chi connectivity index (χ3n) is 10.3. The van der Waals surface area contributed by atoms with Gasteiger partial charge in [0.05, 0.1) is 18.3 Å². The fraction of sp³-hybridized carbons (Fsp3) is 0.586. The molecule has 6 rings (SSSR count). The van der Waals surface area contributed by atoms with Gasteiger partial charge < -0.3 is 9.84 Å². The van der Waals surface area contributed by atoms with Crippen molar-refractivity contribution in [1.82, 2.24) is 0 Å². The van der Waals surface area contributed by atoms with E-state index in [0.29, 0.717) is 17.1 Å². The molecule has 0 bridgehead atoms. The monoisotopic (exact) mass is 565 g/mol. The number of aliphatic hydroxyl groups excluding tert-OH is 1. The number of ether oxygens (including phenoxy) is 1. The lowest BCUT2D eigenvalue weighted by atomic mass is 9.44. The van der Waals surface area contributed by atoms with Gasteiger partial charge in [-0.1, -0.05) is 24.6 Å². The van der Waals surface area contributed by atoms with Crippen molar-refractivity contribution in [3.05, 3.63) is 53.1 Å². The Bertz CT molecular complexity index is 1270. The van der Waals surface area contributed by atoms with Crippen molar-refractivity contribution >= 4 is 29.0 Å². The molecule has 1 aromatic carbocycles. The van der Waals surface area contributed by atoms with Gasteiger partial charge in [-0.2, -0.15) is 0 Å². The number of aliphatic hydroxyl groups is 1. The lowest BCUT2D eigenvalue weighted by Gasteiger charge is -2.63. The number of anilines is 1. The fourth-order valence-electron chi connectivity index (χ4n) is 8.59. The van der Waals surface area contributed by atoms with E-state index in [1.165, 1.54) is 19.1 Å². The van der Waals surface area contributed by atoms with Crippen molar-refractivity contribution in [3.8, 4) is 0 Å². The summed E-state index contributed by atoms with van der Waals surface area (Å²) in [4.78, 5) is 32.3. The zero-order valence-electron chi connectivity index (χ0n) is 21.7. The van der Waals surface area contributed by atoms with Gasteiger partial charge in [0, 0.05) is 27.7 Å². The summed E-state index contributed by atoms with van der Waals surface area (Å²) in [6.07, 6.45) is 0.492. The van der Waals surface area contributed by atoms with Crippen LogP contribution in [0.2, 0.25) is 5.02 Å². The molecule has 10 heteroatoms. The van der Waals surface area contributed by atoms with Crippen LogP contribution < -0.4 is 5.06 Å². The SMILES string of the molecule is C[C@]12C=CC(=O)C=C1[C@@H](F)C[C@H]1[C@@H]3C[C@H]4CN(c5ccc(Cl)cc5)O[C@@]4(C(=O)OCCF)[C@@]3(C)C[C@H](O)[C@@]12F. The maximum absolute atomic E-state index is 17.5. The molecule has 0 radical (unpaired) electrons. The summed E-state index contributed by atoms with van der Waals surface area (Å²) in [6.45, 7) is 2.22. The largest absolute Gasteiger partial charge is 0.461 e. The van der Waals surface area contributed by atoms with Crippen LogP contribution in [0, 0.1) is 28.6 Å². The number of ketones is 1. The molecular weight excluding hydrogens is 535 g/mol. The number of alkyl halides is 3. The number of fused-ring (bicyclic) bond motifs is 7. The molecule has 1 N–H and O–H groups in total. The quantitative estimate of drug-likeness (QED) is 0.524. The number of hydrogen-bond donors (Lipinski definition) is 1. The van der Waals surface area contributed by atoms with E-state index in [9.17, 15) is 19.1 Å². The maximum atomic E-state index is 17.5. The topological polar surface area (TPSA) is 76.1 Å². The Balaban J connectivity index is 1.44. The number of rotatable bonds is 4. The second-order valence-corrected chi connectivity index (χ2v) is 12.4. The first kappa shape index (κ1) is 26.8. The van der Waals surface area contributed by atoms with Gasteiger partial charge in [0.15, 0.2) is 11.5 Å². The predicted octanol–water partition coefficient (Wildman–Crippen LogP) is 4.89. The smallest absolute Gasteiger partial charge is 0.342 e. The second kappa shape index (κ2) is 8.82. The van der Waals surface area contributed by atoms with Crippen LogP contribution in [0.4, 0.5) is 18.9 Å². The van der Waals surface area contributed by atoms with E-state index in [1.54, 1.807) is 36.3 Å². The van der Waals surface area contributed by atoms with Crippen LogP contribution in [0.3, 0.4) is 0 Å². The number of carbonyl (C=O) groups excluding carboxylic acids is 2. The van der Waals surface area contributed by atoms with Gasteiger partial charge in [-0.05, 0) is 74.1 Å². The van der Waals surface area contributed by atoms with Gasteiger partial charge in [-0.25, -0.2) is 18.0 Å². The molecule has 4 fully saturated rings. The Morgan fingerprint density at radius 3 is 2.64 bits per heavy atom. The number of benzene rings is 1. The molecule has 6 nitrogen and oxygen atoms in total. The van der Waals surface area contributed by atoms with Crippen LogP contribution in [0.15, 0.2) is 48.1 Å². The number of hydroxylamine groups is 1. The van der Waals surface area contributed by atoms with E-state index in [2.05, 4.69) is 0 Å². The molecule has 210 valence electrons. The Hall–Kier alpha value is -2.36. The molecule has 0 amide bonds. The van der Waals surface area contributed by atoms with Gasteiger partial charge in [0.25, 0.3) is 0 Å². The highest BCUT2D eigenvalue weighted by molar-refractivity contribution is 6.30. The summed E-state index contributed by atoms with van der Waals surface area (Å²) in [6, 6.07) is 6.86. The Labute approximate surface area is 229 Å². The fourth-order valence-corrected chi connectivity index (χ4v) is 8.71. The number of esters is 1. The van der Waals surface area contributed by atoms with Crippen LogP contribution in [0.1, 0.15) is 33.1 Å². The van der Waals surface area contributed by atoms with Crippen molar-refractivity contribution in [2.24, 2.45) is 28.6 Å². The predicted molar refractivity (Wildman–Crippen MR) is 137 cm³/mol. The van der Waals surface area contributed by atoms with Crippen molar-refractivity contribution in [1.29, 1.82) is 0 Å². The van der Waals surface area contributed by atoms with E-state index < -0.39 is 77.2 Å². The molecule has 0 unspecified atom stereocenters. The van der Waals surface area contributed by atoms with Crippen LogP contribution in [-0.4, -0.2) is 60.2 Å². The first-order valence-electron chi connectivity index (χ1n) is 13.3. The van der Waals surface area contributed by atoms with Crippen LogP contribution >= 0.6 is 11.6 Å². The number of allylic oxidation sites excluding steroid dienone is 4. The van der Waals surface area contributed by atoms with Gasteiger partial charge >= 0.3 is 5.97 Å². The van der Waals surface area contributed by atoms with Crippen molar-refractivity contribution in [2.75, 3.05) is 24.9 Å². The van der Waals surface area contributed by atoms with Gasteiger partial charge in [-0.15, -0.1) is 0 Å². The van der Waals surface area contributed by atoms with Crippen LogP contribution in [0.5, 0.6) is 0 Å². The normalized spacial score (nSPS) is 44.3. The highest BCUT2D eigenvalue weighted by atomic mass is 35.5. The van der Waals surface area contributed by atoms with Crippen molar-refractivity contribution in [2.45, 2.75) is 56.7 Å². The third kappa shape index (κ3) is 3.36. The summed E-state index contributed by atoms with van der Waals surface area (Å²) < 4.78 is 51.6. The molecule has 0 spiro atoms. The number of carbonyl (C=O) groups is 2. The third-order valence-corrected chi connectivity index (χ3v) is 10.6. The summed E-state index contributed by atoms with van der Waals surface area (Å²) in [7, 11) is 0. The van der Waals surface area contributed by atoms with E-state index in [-0.39, 0.29) is 25.0 Å². The lowest BCUT2D eigenvalue weighted by molar-refractivity contribution is -0.235. The van der Waals surface area contributed by atoms with E-state index in [1.807, 2.05) is 0 Å². The molecule has 1 aliphatic heterocycles. The Morgan fingerprint density at radius 2 is 1.95 bits per heavy atom. The standard InChI is InChI=1S/C29H31ClF3NO5/c1-26-8-7-19(35)12-22(26)23(32)13-21-20-11-16-15-34(18-5-3-17(30)4-6-18)39-29(16,25(37)38-10-9-31)27(20,2)14-24(36)28(21,26)33/h3-8,12,16,20-21,23-24,36H,9-11,13-15H2,1-2H3/t16-,20-,21-,23-,24-,26-,27-,28-,29-/m0/s1. The average Bonchev–Trinajstić information content (AvgIpc) is 3.39. The minimum absolute atomic E-state index is 0.0387. The van der Waals surface area contributed by atoms with Gasteiger partial charge in [0.2, 0.25) is 5.60 Å². The molecule has 39 heavy (non-hydrogen) atoms. The molecule has 1 aromatic rings. The van der Waals surface area contributed by atoms with Crippen molar-refractivity contribution < 1.29 is 37.4 Å². The zero-order chi connectivity index (χ0) is 28.0. The van der Waals surface area contributed by atoms with Crippen LogP contribution in [-0.2, 0) is 19.2 Å². The first-order chi connectivity index (χ1) is 18.4. The van der Waals surface area contributed by atoms with Crippen LogP contribution in [0.25, 0.3) is 0 Å². The van der Waals surface area contributed by atoms with E-state index >= 15 is 8.78 Å². The molecular formula is C29H31ClF3NO5. The highest BCUT2D eigenvalue weighted by Gasteiger charge is 2.80. The number of nitrogens with zero attached hydrogens (tertiary/aromatic N) is 1. The average molecular weight is 566 g/mol. The first-order valence-corrected chi connectivity index (χ1v) is 13.7. The summed E-state index contributed by atoms with van der Waals surface area (Å²) in [5.41, 5.74) is -5.92. The minimum Gasteiger partial charge on any atom is -0.461 e. The molecule has 3 saturated carbocycles. The second-order valence-electron chi connectivity index (χ2n) is 12.0.